The Hall–Kier alpha value is -2.61. The zero-order valence-electron chi connectivity index (χ0n) is 13.9. The molecule has 0 saturated heterocycles. The van der Waals surface area contributed by atoms with Gasteiger partial charge in [0.15, 0.2) is 5.82 Å². The first-order valence-electron chi connectivity index (χ1n) is 7.90. The van der Waals surface area contributed by atoms with Gasteiger partial charge in [0.2, 0.25) is 11.8 Å². The van der Waals surface area contributed by atoms with Crippen LogP contribution in [0, 0.1) is 11.6 Å². The molecule has 6 nitrogen and oxygen atoms in total. The lowest BCUT2D eigenvalue weighted by molar-refractivity contribution is -0.126. The predicted molar refractivity (Wildman–Crippen MR) is 92.6 cm³/mol. The van der Waals surface area contributed by atoms with Crippen molar-refractivity contribution in [1.29, 1.82) is 0 Å². The zero-order chi connectivity index (χ0) is 19.1. The number of aromatic nitrogens is 2. The molecule has 2 aromatic rings. The number of anilines is 1. The topological polar surface area (TPSA) is 84.0 Å². The van der Waals surface area contributed by atoms with Crippen molar-refractivity contribution in [3.05, 3.63) is 52.9 Å². The number of halogens is 3. The molecule has 2 rings (SSSR count). The van der Waals surface area contributed by atoms with Gasteiger partial charge in [-0.15, -0.1) is 0 Å². The summed E-state index contributed by atoms with van der Waals surface area (Å²) in [5, 5.41) is 5.20. The van der Waals surface area contributed by atoms with Crippen molar-refractivity contribution >= 4 is 29.2 Å². The van der Waals surface area contributed by atoms with Crippen LogP contribution in [0.2, 0.25) is 5.15 Å². The van der Waals surface area contributed by atoms with Crippen LogP contribution in [0.3, 0.4) is 0 Å². The van der Waals surface area contributed by atoms with Crippen LogP contribution in [0.1, 0.15) is 25.3 Å². The lowest BCUT2D eigenvalue weighted by Crippen LogP contribution is -2.44. The monoisotopic (exact) mass is 382 g/mol. The summed E-state index contributed by atoms with van der Waals surface area (Å²) in [6.45, 7) is 1.85. The van der Waals surface area contributed by atoms with E-state index in [4.69, 9.17) is 11.6 Å². The molecule has 1 aromatic heterocycles. The summed E-state index contributed by atoms with van der Waals surface area (Å²) in [6, 6.07) is 2.03. The van der Waals surface area contributed by atoms with E-state index in [-0.39, 0.29) is 23.0 Å². The molecular formula is C17H17ClF2N4O2. The first-order valence-corrected chi connectivity index (χ1v) is 8.28. The number of rotatable bonds is 7. The van der Waals surface area contributed by atoms with Gasteiger partial charge in [0, 0.05) is 6.07 Å². The third-order valence-electron chi connectivity index (χ3n) is 3.37. The molecule has 1 unspecified atom stereocenters. The van der Waals surface area contributed by atoms with Crippen molar-refractivity contribution in [3.63, 3.8) is 0 Å². The lowest BCUT2D eigenvalue weighted by Gasteiger charge is -2.17. The summed E-state index contributed by atoms with van der Waals surface area (Å²) < 4.78 is 26.4. The molecule has 0 aliphatic heterocycles. The maximum atomic E-state index is 13.2. The smallest absolute Gasteiger partial charge is 0.248 e. The predicted octanol–water partition coefficient (Wildman–Crippen LogP) is 2.87. The number of hydrogen-bond donors (Lipinski definition) is 2. The molecule has 0 saturated carbocycles. The fourth-order valence-electron chi connectivity index (χ4n) is 2.32. The van der Waals surface area contributed by atoms with Crippen LogP contribution < -0.4 is 10.6 Å². The van der Waals surface area contributed by atoms with Crippen LogP contribution in [0.25, 0.3) is 0 Å². The first-order chi connectivity index (χ1) is 12.4. The zero-order valence-corrected chi connectivity index (χ0v) is 14.7. The Morgan fingerprint density at radius 2 is 1.88 bits per heavy atom. The molecule has 0 spiro atoms. The fourth-order valence-corrected chi connectivity index (χ4v) is 2.46. The van der Waals surface area contributed by atoms with Gasteiger partial charge >= 0.3 is 0 Å². The van der Waals surface area contributed by atoms with E-state index in [1.165, 1.54) is 12.4 Å². The second-order valence-electron chi connectivity index (χ2n) is 5.58. The van der Waals surface area contributed by atoms with E-state index in [1.807, 2.05) is 6.92 Å². The Balaban J connectivity index is 2.01. The van der Waals surface area contributed by atoms with E-state index in [1.54, 1.807) is 0 Å². The molecule has 1 atom stereocenters. The van der Waals surface area contributed by atoms with Gasteiger partial charge in [-0.3, -0.25) is 14.6 Å². The van der Waals surface area contributed by atoms with Gasteiger partial charge in [0.05, 0.1) is 18.8 Å². The van der Waals surface area contributed by atoms with Gasteiger partial charge < -0.3 is 10.6 Å². The molecule has 26 heavy (non-hydrogen) atoms. The first kappa shape index (κ1) is 19.7. The summed E-state index contributed by atoms with van der Waals surface area (Å²) >= 11 is 5.71. The number of carbonyl (C=O) groups is 2. The Labute approximate surface area is 154 Å². The average molecular weight is 383 g/mol. The fraction of sp³-hybridized carbons (Fsp3) is 0.294. The van der Waals surface area contributed by atoms with Gasteiger partial charge in [-0.2, -0.15) is 0 Å². The van der Waals surface area contributed by atoms with Crippen LogP contribution in [-0.4, -0.2) is 27.8 Å². The van der Waals surface area contributed by atoms with E-state index in [0.29, 0.717) is 12.8 Å². The van der Waals surface area contributed by atoms with Gasteiger partial charge in [-0.1, -0.05) is 24.9 Å². The molecule has 0 radical (unpaired) electrons. The van der Waals surface area contributed by atoms with Crippen LogP contribution in [0.15, 0.2) is 30.6 Å². The van der Waals surface area contributed by atoms with E-state index in [0.717, 1.165) is 18.2 Å². The summed E-state index contributed by atoms with van der Waals surface area (Å²) in [5.41, 5.74) is 0.177. The minimum atomic E-state index is -0.827. The van der Waals surface area contributed by atoms with Crippen LogP contribution in [-0.2, 0) is 16.0 Å². The van der Waals surface area contributed by atoms with Crippen molar-refractivity contribution in [1.82, 2.24) is 15.3 Å². The molecule has 0 aliphatic rings. The maximum Gasteiger partial charge on any atom is 0.248 e. The molecule has 0 bridgehead atoms. The van der Waals surface area contributed by atoms with E-state index < -0.39 is 29.5 Å². The minimum Gasteiger partial charge on any atom is -0.344 e. The van der Waals surface area contributed by atoms with Gasteiger partial charge in [-0.25, -0.2) is 13.8 Å². The summed E-state index contributed by atoms with van der Waals surface area (Å²) in [4.78, 5) is 32.2. The average Bonchev–Trinajstić information content (AvgIpc) is 2.53. The summed E-state index contributed by atoms with van der Waals surface area (Å²) in [7, 11) is 0. The van der Waals surface area contributed by atoms with Crippen LogP contribution in [0.4, 0.5) is 14.6 Å². The molecule has 2 amide bonds. The third kappa shape index (κ3) is 6.03. The lowest BCUT2D eigenvalue weighted by atomic mass is 10.1. The normalized spacial score (nSPS) is 11.7. The Morgan fingerprint density at radius 3 is 2.50 bits per heavy atom. The number of nitrogens with one attached hydrogen (secondary N) is 2. The molecule has 0 fully saturated rings. The van der Waals surface area contributed by atoms with Crippen molar-refractivity contribution in [2.75, 3.05) is 5.32 Å². The van der Waals surface area contributed by atoms with Gasteiger partial charge in [0.25, 0.3) is 0 Å². The highest BCUT2D eigenvalue weighted by atomic mass is 35.5. The standard InChI is InChI=1S/C17H17ClF2N4O2/c1-2-3-13(17(26)24-15-9-21-8-14(18)23-15)22-16(25)6-10-4-11(19)7-12(20)5-10/h4-5,7-9,13H,2-3,6H2,1H3,(H,22,25)(H,23,24,26). The van der Waals surface area contributed by atoms with E-state index >= 15 is 0 Å². The largest absolute Gasteiger partial charge is 0.344 e. The van der Waals surface area contributed by atoms with E-state index in [2.05, 4.69) is 20.6 Å². The Bertz CT molecular complexity index is 784. The SMILES string of the molecule is CCCC(NC(=O)Cc1cc(F)cc(F)c1)C(=O)Nc1cncc(Cl)n1. The van der Waals surface area contributed by atoms with Crippen LogP contribution >= 0.6 is 11.6 Å². The number of hydrogen-bond acceptors (Lipinski definition) is 4. The van der Waals surface area contributed by atoms with Gasteiger partial charge in [0.1, 0.15) is 22.8 Å². The number of amides is 2. The molecular weight excluding hydrogens is 366 g/mol. The molecule has 138 valence electrons. The highest BCUT2D eigenvalue weighted by Gasteiger charge is 2.21. The Morgan fingerprint density at radius 1 is 1.19 bits per heavy atom. The second-order valence-corrected chi connectivity index (χ2v) is 5.97. The molecule has 9 heteroatoms. The molecule has 1 heterocycles. The van der Waals surface area contributed by atoms with Crippen LogP contribution in [0.5, 0.6) is 0 Å². The summed E-state index contributed by atoms with van der Waals surface area (Å²) in [6.07, 6.45) is 3.40. The Kier molecular flexibility index (Phi) is 6.97. The quantitative estimate of drug-likeness (QED) is 0.771. The summed E-state index contributed by atoms with van der Waals surface area (Å²) in [5.74, 6) is -2.39. The van der Waals surface area contributed by atoms with Crippen molar-refractivity contribution in [2.24, 2.45) is 0 Å². The van der Waals surface area contributed by atoms with Crippen molar-refractivity contribution in [3.8, 4) is 0 Å². The molecule has 0 aliphatic carbocycles. The molecule has 1 aromatic carbocycles. The number of nitrogens with zero attached hydrogens (tertiary/aromatic N) is 2. The van der Waals surface area contributed by atoms with Crippen molar-refractivity contribution < 1.29 is 18.4 Å². The van der Waals surface area contributed by atoms with Gasteiger partial charge in [-0.05, 0) is 24.1 Å². The third-order valence-corrected chi connectivity index (χ3v) is 3.55. The number of benzene rings is 1. The molecule has 2 N–H and O–H groups in total. The number of carbonyl (C=O) groups excluding carboxylic acids is 2. The minimum absolute atomic E-state index is 0.118. The maximum absolute atomic E-state index is 13.2. The van der Waals surface area contributed by atoms with Crippen molar-refractivity contribution in [2.45, 2.75) is 32.2 Å². The second kappa shape index (κ2) is 9.19. The highest BCUT2D eigenvalue weighted by Crippen LogP contribution is 2.10. The highest BCUT2D eigenvalue weighted by molar-refractivity contribution is 6.29. The van der Waals surface area contributed by atoms with E-state index in [9.17, 15) is 18.4 Å².